The lowest BCUT2D eigenvalue weighted by molar-refractivity contribution is -0.152. The molecule has 8 nitrogen and oxygen atoms in total. The van der Waals surface area contributed by atoms with Gasteiger partial charge in [0.2, 0.25) is 5.91 Å². The fourth-order valence-corrected chi connectivity index (χ4v) is 2.33. The molecule has 1 rings (SSSR count). The van der Waals surface area contributed by atoms with Crippen molar-refractivity contribution in [2.24, 2.45) is 0 Å². The van der Waals surface area contributed by atoms with E-state index in [0.717, 1.165) is 0 Å². The van der Waals surface area contributed by atoms with Crippen LogP contribution in [-0.4, -0.2) is 41.3 Å². The number of rotatable bonds is 7. The van der Waals surface area contributed by atoms with Gasteiger partial charge in [0.05, 0.1) is 6.42 Å². The monoisotopic (exact) mass is 380 g/mol. The van der Waals surface area contributed by atoms with Crippen molar-refractivity contribution in [2.75, 3.05) is 7.11 Å². The Morgan fingerprint density at radius 2 is 1.56 bits per heavy atom. The second-order valence-corrected chi connectivity index (χ2v) is 7.67. The van der Waals surface area contributed by atoms with Crippen molar-refractivity contribution in [2.45, 2.75) is 57.9 Å². The molecule has 0 saturated heterocycles. The maximum atomic E-state index is 12.8. The summed E-state index contributed by atoms with van der Waals surface area (Å²) in [6.07, 6.45) is -1.26. The third-order valence-corrected chi connectivity index (χ3v) is 3.69. The highest BCUT2D eigenvalue weighted by Crippen LogP contribution is 2.27. The summed E-state index contributed by atoms with van der Waals surface area (Å²) in [5.74, 6) is -1.78. The molecule has 1 aromatic carbocycles. The Morgan fingerprint density at radius 1 is 1.00 bits per heavy atom. The van der Waals surface area contributed by atoms with Gasteiger partial charge in [0.1, 0.15) is 11.1 Å². The summed E-state index contributed by atoms with van der Waals surface area (Å²) in [6.45, 7) is 8.09. The summed E-state index contributed by atoms with van der Waals surface area (Å²) in [6, 6.07) is 8.49. The quantitative estimate of drug-likeness (QED) is 0.626. The maximum absolute atomic E-state index is 12.8. The van der Waals surface area contributed by atoms with Gasteiger partial charge in [-0.15, -0.1) is 0 Å². The zero-order chi connectivity index (χ0) is 20.9. The molecule has 0 aliphatic heterocycles. The first-order chi connectivity index (χ1) is 12.3. The van der Waals surface area contributed by atoms with Gasteiger partial charge >= 0.3 is 12.1 Å². The molecule has 0 fully saturated rings. The van der Waals surface area contributed by atoms with Crippen LogP contribution >= 0.6 is 0 Å². The lowest BCUT2D eigenvalue weighted by Gasteiger charge is -2.36. The third-order valence-electron chi connectivity index (χ3n) is 3.69. The minimum absolute atomic E-state index is 0.469. The van der Waals surface area contributed by atoms with Crippen LogP contribution in [0.5, 0.6) is 0 Å². The Hall–Kier alpha value is -2.61. The molecule has 0 aliphatic rings. The molecule has 3 N–H and O–H groups in total. The number of amides is 2. The van der Waals surface area contributed by atoms with E-state index in [0.29, 0.717) is 5.56 Å². The molecule has 1 aromatic rings. The van der Waals surface area contributed by atoms with Crippen molar-refractivity contribution in [1.29, 1.82) is 0 Å². The Labute approximate surface area is 159 Å². The van der Waals surface area contributed by atoms with Crippen molar-refractivity contribution in [3.05, 3.63) is 35.9 Å². The first kappa shape index (κ1) is 22.4. The summed E-state index contributed by atoms with van der Waals surface area (Å²) < 4.78 is 10.6. The molecule has 2 amide bonds. The predicted octanol–water partition coefficient (Wildman–Crippen LogP) is 2.38. The van der Waals surface area contributed by atoms with Gasteiger partial charge in [0.25, 0.3) is 0 Å². The van der Waals surface area contributed by atoms with Crippen molar-refractivity contribution >= 4 is 18.0 Å². The van der Waals surface area contributed by atoms with E-state index in [-0.39, 0.29) is 0 Å². The first-order valence-electron chi connectivity index (χ1n) is 8.47. The number of aliphatic carboxylic acids is 1. The van der Waals surface area contributed by atoms with Crippen LogP contribution in [0, 0.1) is 0 Å². The topological polar surface area (TPSA) is 114 Å². The van der Waals surface area contributed by atoms with Gasteiger partial charge in [-0.1, -0.05) is 30.3 Å². The highest BCUT2D eigenvalue weighted by Gasteiger charge is 2.41. The van der Waals surface area contributed by atoms with E-state index in [4.69, 9.17) is 9.47 Å². The predicted molar refractivity (Wildman–Crippen MR) is 99.0 cm³/mol. The smallest absolute Gasteiger partial charge is 0.408 e. The molecular weight excluding hydrogens is 352 g/mol. The van der Waals surface area contributed by atoms with Gasteiger partial charge in [-0.25, -0.2) is 4.79 Å². The highest BCUT2D eigenvalue weighted by molar-refractivity contribution is 5.90. The Bertz CT molecular complexity index is 681. The zero-order valence-corrected chi connectivity index (χ0v) is 16.6. The second kappa shape index (κ2) is 8.39. The van der Waals surface area contributed by atoms with E-state index < -0.39 is 41.3 Å². The molecule has 0 aromatic heterocycles. The molecule has 1 unspecified atom stereocenters. The summed E-state index contributed by atoms with van der Waals surface area (Å²) in [7, 11) is 1.31. The minimum Gasteiger partial charge on any atom is -0.481 e. The van der Waals surface area contributed by atoms with Crippen LogP contribution in [0.3, 0.4) is 0 Å². The van der Waals surface area contributed by atoms with Gasteiger partial charge in [-0.05, 0) is 34.6 Å². The fourth-order valence-electron chi connectivity index (χ4n) is 2.33. The second-order valence-electron chi connectivity index (χ2n) is 7.67. The molecule has 0 bridgehead atoms. The van der Waals surface area contributed by atoms with Crippen LogP contribution in [0.2, 0.25) is 0 Å². The van der Waals surface area contributed by atoms with Crippen molar-refractivity contribution in [1.82, 2.24) is 10.6 Å². The summed E-state index contributed by atoms with van der Waals surface area (Å²) in [5, 5.41) is 14.4. The highest BCUT2D eigenvalue weighted by atomic mass is 16.6. The number of ether oxygens (including phenoxy) is 2. The molecule has 0 radical (unpaired) electrons. The first-order valence-corrected chi connectivity index (χ1v) is 8.47. The molecule has 0 spiro atoms. The van der Waals surface area contributed by atoms with E-state index in [1.807, 2.05) is 0 Å². The number of alkyl carbamates (subject to hydrolysis) is 1. The Morgan fingerprint density at radius 3 is 2.00 bits per heavy atom. The van der Waals surface area contributed by atoms with E-state index >= 15 is 0 Å². The number of carboxylic acids is 1. The lowest BCUT2D eigenvalue weighted by Crippen LogP contribution is -2.60. The molecule has 150 valence electrons. The van der Waals surface area contributed by atoms with Crippen molar-refractivity contribution < 1.29 is 29.0 Å². The van der Waals surface area contributed by atoms with E-state index in [9.17, 15) is 19.5 Å². The minimum atomic E-state index is -1.59. The Balaban J connectivity index is 3.08. The fraction of sp³-hybridized carbons (Fsp3) is 0.526. The van der Waals surface area contributed by atoms with E-state index in [1.165, 1.54) is 21.0 Å². The molecule has 27 heavy (non-hydrogen) atoms. The lowest BCUT2D eigenvalue weighted by atomic mass is 9.96. The molecule has 8 heteroatoms. The van der Waals surface area contributed by atoms with E-state index in [2.05, 4.69) is 10.6 Å². The molecule has 0 aliphatic carbocycles. The van der Waals surface area contributed by atoms with Gasteiger partial charge in [-0.2, -0.15) is 0 Å². The van der Waals surface area contributed by atoms with Crippen LogP contribution in [0.15, 0.2) is 30.3 Å². The number of methoxy groups -OCH3 is 1. The summed E-state index contributed by atoms with van der Waals surface area (Å²) in [5.41, 5.74) is -3.21. The average Bonchev–Trinajstić information content (AvgIpc) is 2.52. The zero-order valence-electron chi connectivity index (χ0n) is 16.6. The SMILES string of the molecule is COC(CC(=O)O)(NC(=O)C(C)(C)NC(=O)OC(C)(C)C)c1ccccc1. The maximum Gasteiger partial charge on any atom is 0.408 e. The van der Waals surface area contributed by atoms with Gasteiger partial charge in [-0.3, -0.25) is 9.59 Å². The van der Waals surface area contributed by atoms with Crippen LogP contribution in [0.1, 0.15) is 46.6 Å². The number of benzene rings is 1. The van der Waals surface area contributed by atoms with Crippen LogP contribution in [0.25, 0.3) is 0 Å². The Kier molecular flexibility index (Phi) is 6.97. The third kappa shape index (κ3) is 6.56. The molecule has 0 heterocycles. The number of carboxylic acid groups (broad SMARTS) is 1. The van der Waals surface area contributed by atoms with Crippen LogP contribution in [0.4, 0.5) is 4.79 Å². The van der Waals surface area contributed by atoms with E-state index in [1.54, 1.807) is 51.1 Å². The molecule has 0 saturated carbocycles. The van der Waals surface area contributed by atoms with Crippen LogP contribution < -0.4 is 10.6 Å². The number of nitrogens with one attached hydrogen (secondary N) is 2. The number of carbonyl (C=O) groups is 3. The summed E-state index contributed by atoms with van der Waals surface area (Å²) >= 11 is 0. The van der Waals surface area contributed by atoms with Crippen molar-refractivity contribution in [3.63, 3.8) is 0 Å². The van der Waals surface area contributed by atoms with Gasteiger partial charge < -0.3 is 25.2 Å². The average molecular weight is 380 g/mol. The number of hydrogen-bond donors (Lipinski definition) is 3. The molecule has 1 atom stereocenters. The largest absolute Gasteiger partial charge is 0.481 e. The normalized spacial score (nSPS) is 14.0. The van der Waals surface area contributed by atoms with Crippen molar-refractivity contribution in [3.8, 4) is 0 Å². The van der Waals surface area contributed by atoms with Gasteiger partial charge in [0.15, 0.2) is 5.72 Å². The van der Waals surface area contributed by atoms with Crippen LogP contribution in [-0.2, 0) is 24.8 Å². The summed E-state index contributed by atoms with van der Waals surface area (Å²) in [4.78, 5) is 36.3. The standard InChI is InChI=1S/C19H28N2O6/c1-17(2,3)27-16(25)21-18(4,5)15(24)20-19(26-6,12-14(22)23)13-10-8-7-9-11-13/h7-11H,12H2,1-6H3,(H,20,24)(H,21,25)(H,22,23). The number of carbonyl (C=O) groups excluding carboxylic acids is 2. The molecular formula is C19H28N2O6. The van der Waals surface area contributed by atoms with Gasteiger partial charge in [0, 0.05) is 12.7 Å². The number of hydrogen-bond acceptors (Lipinski definition) is 5.